The second-order valence-electron chi connectivity index (χ2n) is 3.87. The number of hydrogen-bond acceptors (Lipinski definition) is 3. The van der Waals surface area contributed by atoms with Crippen molar-refractivity contribution in [2.75, 3.05) is 6.54 Å². The second-order valence-corrected chi connectivity index (χ2v) is 4.85. The number of thiophene rings is 1. The first-order valence-corrected chi connectivity index (χ1v) is 6.44. The van der Waals surface area contributed by atoms with Gasteiger partial charge in [0.1, 0.15) is 11.5 Å². The Labute approximate surface area is 100 Å². The zero-order chi connectivity index (χ0) is 11.5. The lowest BCUT2D eigenvalue weighted by Gasteiger charge is -2.15. The molecule has 0 aliphatic heterocycles. The van der Waals surface area contributed by atoms with Crippen LogP contribution in [0.2, 0.25) is 0 Å². The molecular formula is C13H17NOS. The largest absolute Gasteiger partial charge is 0.466 e. The quantitative estimate of drug-likeness (QED) is 0.875. The Morgan fingerprint density at radius 1 is 1.44 bits per heavy atom. The van der Waals surface area contributed by atoms with Crippen LogP contribution in [0, 0.1) is 13.8 Å². The van der Waals surface area contributed by atoms with E-state index in [0.717, 1.165) is 18.1 Å². The van der Waals surface area contributed by atoms with E-state index < -0.39 is 0 Å². The fourth-order valence-electron chi connectivity index (χ4n) is 1.96. The summed E-state index contributed by atoms with van der Waals surface area (Å²) in [5, 5.41) is 5.62. The van der Waals surface area contributed by atoms with E-state index in [1.165, 1.54) is 10.4 Å². The summed E-state index contributed by atoms with van der Waals surface area (Å²) in [5.74, 6) is 1.99. The Hall–Kier alpha value is -1.06. The van der Waals surface area contributed by atoms with Crippen molar-refractivity contribution in [3.8, 4) is 0 Å². The normalized spacial score (nSPS) is 12.9. The molecule has 2 nitrogen and oxygen atoms in total. The highest BCUT2D eigenvalue weighted by Gasteiger charge is 2.18. The molecule has 0 aliphatic rings. The molecule has 0 aliphatic carbocycles. The number of hydrogen-bond donors (Lipinski definition) is 1. The minimum absolute atomic E-state index is 0.266. The minimum Gasteiger partial charge on any atom is -0.466 e. The minimum atomic E-state index is 0.266. The van der Waals surface area contributed by atoms with Crippen molar-refractivity contribution in [2.45, 2.75) is 26.8 Å². The lowest BCUT2D eigenvalue weighted by molar-refractivity contribution is 0.495. The molecule has 0 radical (unpaired) electrons. The van der Waals surface area contributed by atoms with Gasteiger partial charge in [-0.1, -0.05) is 13.0 Å². The van der Waals surface area contributed by atoms with Gasteiger partial charge in [0.05, 0.1) is 6.04 Å². The molecule has 1 unspecified atom stereocenters. The van der Waals surface area contributed by atoms with Crippen LogP contribution in [-0.4, -0.2) is 6.54 Å². The molecule has 0 fully saturated rings. The first-order chi connectivity index (χ1) is 7.72. The zero-order valence-electron chi connectivity index (χ0n) is 9.91. The fourth-order valence-corrected chi connectivity index (χ4v) is 2.78. The molecule has 0 spiro atoms. The molecule has 1 N–H and O–H groups in total. The molecular weight excluding hydrogens is 218 g/mol. The van der Waals surface area contributed by atoms with Crippen molar-refractivity contribution in [1.82, 2.24) is 5.32 Å². The summed E-state index contributed by atoms with van der Waals surface area (Å²) < 4.78 is 5.60. The zero-order valence-corrected chi connectivity index (χ0v) is 10.7. The highest BCUT2D eigenvalue weighted by atomic mass is 32.1. The average molecular weight is 235 g/mol. The van der Waals surface area contributed by atoms with Gasteiger partial charge in [-0.15, -0.1) is 11.3 Å². The van der Waals surface area contributed by atoms with E-state index in [9.17, 15) is 0 Å². The van der Waals surface area contributed by atoms with Crippen molar-refractivity contribution in [1.29, 1.82) is 0 Å². The van der Waals surface area contributed by atoms with E-state index in [1.54, 1.807) is 11.3 Å². The molecule has 0 amide bonds. The molecule has 16 heavy (non-hydrogen) atoms. The third-order valence-corrected chi connectivity index (χ3v) is 3.56. The van der Waals surface area contributed by atoms with E-state index in [0.29, 0.717) is 0 Å². The van der Waals surface area contributed by atoms with Gasteiger partial charge in [-0.3, -0.25) is 0 Å². The van der Waals surface area contributed by atoms with Crippen LogP contribution in [0.1, 0.15) is 34.9 Å². The van der Waals surface area contributed by atoms with Gasteiger partial charge >= 0.3 is 0 Å². The third-order valence-electron chi connectivity index (χ3n) is 2.63. The number of furan rings is 1. The van der Waals surface area contributed by atoms with E-state index in [4.69, 9.17) is 4.42 Å². The van der Waals surface area contributed by atoms with E-state index in [-0.39, 0.29) is 6.04 Å². The number of aryl methyl sites for hydroxylation is 2. The number of rotatable bonds is 4. The molecule has 0 saturated carbocycles. The Bertz CT molecular complexity index is 444. The predicted octanol–water partition coefficient (Wildman–Crippen LogP) is 3.66. The molecule has 1 atom stereocenters. The van der Waals surface area contributed by atoms with Crippen molar-refractivity contribution < 1.29 is 4.42 Å². The summed E-state index contributed by atoms with van der Waals surface area (Å²) in [6.45, 7) is 7.10. The molecule has 2 aromatic rings. The monoisotopic (exact) mass is 235 g/mol. The first-order valence-electron chi connectivity index (χ1n) is 5.56. The molecule has 0 bridgehead atoms. The van der Waals surface area contributed by atoms with Crippen molar-refractivity contribution >= 4 is 11.3 Å². The standard InChI is InChI=1S/C13H17NOS/c1-4-14-13(12-6-5-7-16-12)11-8-9(2)15-10(11)3/h5-8,13-14H,4H2,1-3H3. The maximum absolute atomic E-state index is 5.60. The van der Waals surface area contributed by atoms with E-state index in [1.807, 2.05) is 13.8 Å². The van der Waals surface area contributed by atoms with Crippen LogP contribution < -0.4 is 5.32 Å². The summed E-state index contributed by atoms with van der Waals surface area (Å²) in [4.78, 5) is 1.34. The van der Waals surface area contributed by atoms with Crippen LogP contribution in [0.4, 0.5) is 0 Å². The van der Waals surface area contributed by atoms with Gasteiger partial charge < -0.3 is 9.73 Å². The number of nitrogens with one attached hydrogen (secondary N) is 1. The molecule has 2 rings (SSSR count). The maximum Gasteiger partial charge on any atom is 0.106 e. The Morgan fingerprint density at radius 3 is 2.75 bits per heavy atom. The predicted molar refractivity (Wildman–Crippen MR) is 68.0 cm³/mol. The topological polar surface area (TPSA) is 25.2 Å². The molecule has 86 valence electrons. The van der Waals surface area contributed by atoms with Crippen molar-refractivity contribution in [2.24, 2.45) is 0 Å². The van der Waals surface area contributed by atoms with Crippen LogP contribution in [0.5, 0.6) is 0 Å². The summed E-state index contributed by atoms with van der Waals surface area (Å²) in [5.41, 5.74) is 1.25. The average Bonchev–Trinajstić information content (AvgIpc) is 2.85. The maximum atomic E-state index is 5.60. The van der Waals surface area contributed by atoms with Crippen LogP contribution in [0.15, 0.2) is 28.0 Å². The second kappa shape index (κ2) is 4.85. The Balaban J connectivity index is 2.36. The summed E-state index contributed by atoms with van der Waals surface area (Å²) in [6.07, 6.45) is 0. The SMILES string of the molecule is CCNC(c1cccs1)c1cc(C)oc1C. The van der Waals surface area contributed by atoms with Crippen LogP contribution in [0.25, 0.3) is 0 Å². The van der Waals surface area contributed by atoms with Gasteiger partial charge in [0, 0.05) is 10.4 Å². The van der Waals surface area contributed by atoms with Crippen LogP contribution >= 0.6 is 11.3 Å². The Morgan fingerprint density at radius 2 is 2.25 bits per heavy atom. The van der Waals surface area contributed by atoms with Gasteiger partial charge in [-0.05, 0) is 37.9 Å². The molecule has 2 heterocycles. The molecule has 0 aromatic carbocycles. The highest BCUT2D eigenvalue weighted by Crippen LogP contribution is 2.29. The summed E-state index contributed by atoms with van der Waals surface area (Å²) in [7, 11) is 0. The van der Waals surface area contributed by atoms with Gasteiger partial charge in [-0.25, -0.2) is 0 Å². The van der Waals surface area contributed by atoms with Crippen LogP contribution in [-0.2, 0) is 0 Å². The third kappa shape index (κ3) is 2.20. The molecule has 0 saturated heterocycles. The van der Waals surface area contributed by atoms with Gasteiger partial charge in [0.2, 0.25) is 0 Å². The van der Waals surface area contributed by atoms with Crippen molar-refractivity contribution in [3.63, 3.8) is 0 Å². The van der Waals surface area contributed by atoms with E-state index in [2.05, 4.69) is 35.8 Å². The van der Waals surface area contributed by atoms with E-state index >= 15 is 0 Å². The van der Waals surface area contributed by atoms with Gasteiger partial charge in [0.15, 0.2) is 0 Å². The fraction of sp³-hybridized carbons (Fsp3) is 0.385. The highest BCUT2D eigenvalue weighted by molar-refractivity contribution is 7.10. The lowest BCUT2D eigenvalue weighted by Crippen LogP contribution is -2.21. The van der Waals surface area contributed by atoms with Gasteiger partial charge in [-0.2, -0.15) is 0 Å². The Kier molecular flexibility index (Phi) is 3.46. The van der Waals surface area contributed by atoms with Gasteiger partial charge in [0.25, 0.3) is 0 Å². The lowest BCUT2D eigenvalue weighted by atomic mass is 10.1. The molecule has 2 aromatic heterocycles. The van der Waals surface area contributed by atoms with Crippen molar-refractivity contribution in [3.05, 3.63) is 45.5 Å². The summed E-state index contributed by atoms with van der Waals surface area (Å²) in [6, 6.07) is 6.65. The smallest absolute Gasteiger partial charge is 0.106 e. The summed E-state index contributed by atoms with van der Waals surface area (Å²) >= 11 is 1.78. The first kappa shape index (κ1) is 11.4. The van der Waals surface area contributed by atoms with Crippen LogP contribution in [0.3, 0.4) is 0 Å². The molecule has 3 heteroatoms.